The van der Waals surface area contributed by atoms with Crippen molar-refractivity contribution in [1.82, 2.24) is 5.43 Å². The van der Waals surface area contributed by atoms with Gasteiger partial charge in [0, 0.05) is 17.5 Å². The van der Waals surface area contributed by atoms with Gasteiger partial charge in [-0.3, -0.25) is 9.59 Å². The number of methoxy groups -OCH3 is 1. The van der Waals surface area contributed by atoms with Crippen LogP contribution in [0.4, 0.5) is 5.69 Å². The zero-order chi connectivity index (χ0) is 22.0. The molecule has 0 unspecified atom stereocenters. The number of rotatable bonds is 5. The number of carbonyl (C=O) groups is 2. The zero-order valence-corrected chi connectivity index (χ0v) is 17.6. The van der Waals surface area contributed by atoms with E-state index in [1.807, 2.05) is 19.1 Å². The van der Waals surface area contributed by atoms with Crippen LogP contribution in [0.3, 0.4) is 0 Å². The molecule has 1 aliphatic carbocycles. The monoisotopic (exact) mass is 421 g/mol. The van der Waals surface area contributed by atoms with Crippen molar-refractivity contribution in [3.05, 3.63) is 70.6 Å². The van der Waals surface area contributed by atoms with E-state index in [1.165, 1.54) is 6.26 Å². The van der Waals surface area contributed by atoms with Crippen LogP contribution in [-0.2, 0) is 6.42 Å². The van der Waals surface area contributed by atoms with Crippen molar-refractivity contribution in [3.63, 3.8) is 0 Å². The number of benzene rings is 1. The molecule has 2 heterocycles. The van der Waals surface area contributed by atoms with E-state index in [1.54, 1.807) is 32.2 Å². The molecule has 0 saturated carbocycles. The highest BCUT2D eigenvalue weighted by Crippen LogP contribution is 2.31. The summed E-state index contributed by atoms with van der Waals surface area (Å²) >= 11 is 0. The largest absolute Gasteiger partial charge is 0.495 e. The van der Waals surface area contributed by atoms with Gasteiger partial charge in [-0.2, -0.15) is 5.10 Å². The molecule has 4 rings (SSSR count). The number of anilines is 1. The Morgan fingerprint density at radius 1 is 1.10 bits per heavy atom. The van der Waals surface area contributed by atoms with Crippen molar-refractivity contribution >= 4 is 23.2 Å². The minimum Gasteiger partial charge on any atom is -0.495 e. The molecule has 160 valence electrons. The normalized spacial score (nSPS) is 14.2. The summed E-state index contributed by atoms with van der Waals surface area (Å²) in [6, 6.07) is 8.77. The summed E-state index contributed by atoms with van der Waals surface area (Å²) < 4.78 is 16.4. The summed E-state index contributed by atoms with van der Waals surface area (Å²) in [5.41, 5.74) is 5.73. The maximum absolute atomic E-state index is 12.9. The van der Waals surface area contributed by atoms with Gasteiger partial charge >= 0.3 is 0 Å². The van der Waals surface area contributed by atoms with Crippen molar-refractivity contribution < 1.29 is 23.2 Å². The average molecular weight is 421 g/mol. The zero-order valence-electron chi connectivity index (χ0n) is 17.6. The van der Waals surface area contributed by atoms with Crippen molar-refractivity contribution in [3.8, 4) is 5.75 Å². The fourth-order valence-electron chi connectivity index (χ4n) is 3.72. The van der Waals surface area contributed by atoms with Crippen molar-refractivity contribution in [2.45, 2.75) is 33.1 Å². The highest BCUT2D eigenvalue weighted by atomic mass is 16.5. The van der Waals surface area contributed by atoms with E-state index in [4.69, 9.17) is 13.6 Å². The summed E-state index contributed by atoms with van der Waals surface area (Å²) in [5.74, 6) is 1.29. The minimum absolute atomic E-state index is 0.225. The lowest BCUT2D eigenvalue weighted by atomic mass is 9.93. The number of carbonyl (C=O) groups excluding carboxylic acids is 2. The number of hydrogen-bond acceptors (Lipinski definition) is 6. The maximum Gasteiger partial charge on any atom is 0.291 e. The van der Waals surface area contributed by atoms with E-state index >= 15 is 0 Å². The Morgan fingerprint density at radius 3 is 2.65 bits per heavy atom. The molecule has 0 bridgehead atoms. The van der Waals surface area contributed by atoms with Crippen molar-refractivity contribution in [2.75, 3.05) is 12.4 Å². The van der Waals surface area contributed by atoms with Gasteiger partial charge < -0.3 is 18.9 Å². The Balaban J connectivity index is 1.59. The molecule has 1 aliphatic rings. The Morgan fingerprint density at radius 2 is 1.90 bits per heavy atom. The molecule has 8 nitrogen and oxygen atoms in total. The SMILES string of the molecule is COc1ccccc1NC(=O)c1oc2c(c1C)/C(=N/NC(=O)c1ccoc1C)CCC2. The maximum atomic E-state index is 12.9. The first-order valence-electron chi connectivity index (χ1n) is 9.97. The Bertz CT molecular complexity index is 1170. The second-order valence-corrected chi connectivity index (χ2v) is 7.25. The predicted molar refractivity (Wildman–Crippen MR) is 115 cm³/mol. The lowest BCUT2D eigenvalue weighted by molar-refractivity contribution is 0.0952. The first-order valence-corrected chi connectivity index (χ1v) is 9.97. The molecule has 1 aromatic carbocycles. The number of hydrogen-bond donors (Lipinski definition) is 2. The van der Waals surface area contributed by atoms with Gasteiger partial charge in [0.1, 0.15) is 17.3 Å². The lowest BCUT2D eigenvalue weighted by Gasteiger charge is -2.13. The van der Waals surface area contributed by atoms with E-state index in [9.17, 15) is 9.59 Å². The van der Waals surface area contributed by atoms with Gasteiger partial charge in [0.25, 0.3) is 11.8 Å². The van der Waals surface area contributed by atoms with Crippen LogP contribution in [0.15, 0.2) is 50.5 Å². The molecule has 0 radical (unpaired) electrons. The number of amides is 2. The fourth-order valence-corrected chi connectivity index (χ4v) is 3.72. The molecule has 2 N–H and O–H groups in total. The molecule has 0 spiro atoms. The Kier molecular flexibility index (Phi) is 5.62. The van der Waals surface area contributed by atoms with Gasteiger partial charge in [-0.15, -0.1) is 0 Å². The van der Waals surface area contributed by atoms with E-state index < -0.39 is 0 Å². The Labute approximate surface area is 179 Å². The Hall–Kier alpha value is -3.81. The molecule has 0 aliphatic heterocycles. The number of nitrogens with one attached hydrogen (secondary N) is 2. The van der Waals surface area contributed by atoms with Gasteiger partial charge in [-0.25, -0.2) is 5.43 Å². The quantitative estimate of drug-likeness (QED) is 0.600. The predicted octanol–water partition coefficient (Wildman–Crippen LogP) is 4.22. The molecule has 2 aromatic heterocycles. The van der Waals surface area contributed by atoms with Gasteiger partial charge in [-0.1, -0.05) is 12.1 Å². The summed E-state index contributed by atoms with van der Waals surface area (Å²) in [4.78, 5) is 25.3. The van der Waals surface area contributed by atoms with Crippen LogP contribution in [-0.4, -0.2) is 24.6 Å². The summed E-state index contributed by atoms with van der Waals surface area (Å²) in [6.07, 6.45) is 3.65. The number of aryl methyl sites for hydroxylation is 2. The molecule has 3 aromatic rings. The van der Waals surface area contributed by atoms with E-state index in [-0.39, 0.29) is 17.6 Å². The van der Waals surface area contributed by atoms with Crippen LogP contribution < -0.4 is 15.5 Å². The summed E-state index contributed by atoms with van der Waals surface area (Å²) in [6.45, 7) is 3.54. The number of para-hydroxylation sites is 2. The number of ether oxygens (including phenoxy) is 1. The molecule has 8 heteroatoms. The second-order valence-electron chi connectivity index (χ2n) is 7.25. The smallest absolute Gasteiger partial charge is 0.291 e. The van der Waals surface area contributed by atoms with Gasteiger partial charge in [-0.05, 0) is 44.9 Å². The number of hydrazone groups is 1. The van der Waals surface area contributed by atoms with Crippen LogP contribution in [0.1, 0.15) is 56.4 Å². The molecular weight excluding hydrogens is 398 g/mol. The van der Waals surface area contributed by atoms with Crippen LogP contribution in [0.25, 0.3) is 0 Å². The molecule has 0 atom stereocenters. The van der Waals surface area contributed by atoms with E-state index in [0.29, 0.717) is 52.6 Å². The van der Waals surface area contributed by atoms with Crippen LogP contribution in [0, 0.1) is 13.8 Å². The highest BCUT2D eigenvalue weighted by Gasteiger charge is 2.28. The third-order valence-electron chi connectivity index (χ3n) is 5.28. The van der Waals surface area contributed by atoms with Crippen molar-refractivity contribution in [2.24, 2.45) is 5.10 Å². The standard InChI is InChI=1S/C23H23N3O5/c1-13-20-17(25-26-22(27)15-11-12-30-14(15)2)8-6-10-19(20)31-21(13)23(28)24-16-7-4-5-9-18(16)29-3/h4-5,7,9,11-12H,6,8,10H2,1-3H3,(H,24,28)(H,26,27)/b25-17+. The van der Waals surface area contributed by atoms with Gasteiger partial charge in [0.15, 0.2) is 5.76 Å². The second kappa shape index (κ2) is 8.51. The minimum atomic E-state index is -0.367. The van der Waals surface area contributed by atoms with E-state index in [2.05, 4.69) is 15.8 Å². The number of nitrogens with zero attached hydrogens (tertiary/aromatic N) is 1. The molecule has 31 heavy (non-hydrogen) atoms. The summed E-state index contributed by atoms with van der Waals surface area (Å²) in [5, 5.41) is 7.17. The first kappa shape index (κ1) is 20.5. The van der Waals surface area contributed by atoms with Crippen LogP contribution in [0.5, 0.6) is 5.75 Å². The third-order valence-corrected chi connectivity index (χ3v) is 5.28. The highest BCUT2D eigenvalue weighted by molar-refractivity contribution is 6.10. The van der Waals surface area contributed by atoms with Crippen molar-refractivity contribution in [1.29, 1.82) is 0 Å². The fraction of sp³-hybridized carbons (Fsp3) is 0.261. The lowest BCUT2D eigenvalue weighted by Crippen LogP contribution is -2.22. The van der Waals surface area contributed by atoms with Gasteiger partial charge in [0.05, 0.1) is 30.3 Å². The molecule has 0 saturated heterocycles. The third kappa shape index (κ3) is 3.96. The molecule has 2 amide bonds. The van der Waals surface area contributed by atoms with Crippen LogP contribution >= 0.6 is 0 Å². The summed E-state index contributed by atoms with van der Waals surface area (Å²) in [7, 11) is 1.55. The van der Waals surface area contributed by atoms with Gasteiger partial charge in [0.2, 0.25) is 0 Å². The first-order chi connectivity index (χ1) is 15.0. The van der Waals surface area contributed by atoms with Crippen LogP contribution in [0.2, 0.25) is 0 Å². The number of furan rings is 2. The molecule has 0 fully saturated rings. The topological polar surface area (TPSA) is 106 Å². The number of fused-ring (bicyclic) bond motifs is 1. The average Bonchev–Trinajstić information content (AvgIpc) is 3.36. The van der Waals surface area contributed by atoms with E-state index in [0.717, 1.165) is 12.0 Å². The molecular formula is C23H23N3O5.